The Bertz CT molecular complexity index is 1180. The van der Waals surface area contributed by atoms with Crippen LogP contribution in [0.1, 0.15) is 143 Å². The van der Waals surface area contributed by atoms with Gasteiger partial charge in [-0.25, -0.2) is 0 Å². The van der Waals surface area contributed by atoms with E-state index in [1.807, 2.05) is 0 Å². The summed E-state index contributed by atoms with van der Waals surface area (Å²) in [5, 5.41) is 19.0. The summed E-state index contributed by atoms with van der Waals surface area (Å²) in [6.45, 7) is 9.73. The molecule has 0 radical (unpaired) electrons. The molecule has 0 aromatic rings. The van der Waals surface area contributed by atoms with Crippen LogP contribution in [0.25, 0.3) is 0 Å². The summed E-state index contributed by atoms with van der Waals surface area (Å²) in [6, 6.07) is 0. The van der Waals surface area contributed by atoms with Crippen molar-refractivity contribution < 1.29 is 48.2 Å². The van der Waals surface area contributed by atoms with E-state index in [9.17, 15) is 19.8 Å². The number of ether oxygens (including phenoxy) is 6. The van der Waals surface area contributed by atoms with Crippen molar-refractivity contribution in [1.82, 2.24) is 0 Å². The van der Waals surface area contributed by atoms with Crippen LogP contribution in [0.4, 0.5) is 0 Å². The first-order chi connectivity index (χ1) is 25.1. The predicted molar refractivity (Wildman–Crippen MR) is 193 cm³/mol. The number of aliphatic carboxylic acids is 2. The van der Waals surface area contributed by atoms with Crippen molar-refractivity contribution in [3.8, 4) is 0 Å². The lowest BCUT2D eigenvalue weighted by Crippen LogP contribution is -2.64. The van der Waals surface area contributed by atoms with E-state index < -0.39 is 17.9 Å². The van der Waals surface area contributed by atoms with Crippen LogP contribution in [0.15, 0.2) is 0 Å². The van der Waals surface area contributed by atoms with Gasteiger partial charge in [0.1, 0.15) is 0 Å². The summed E-state index contributed by atoms with van der Waals surface area (Å²) in [5.41, 5.74) is 0.0607. The largest absolute Gasteiger partial charge is 0.481 e. The fourth-order valence-electron chi connectivity index (χ4n) is 12.8. The lowest BCUT2D eigenvalue weighted by Gasteiger charge is -2.65. The average Bonchev–Trinajstić information content (AvgIpc) is 3.50. The molecule has 10 nitrogen and oxygen atoms in total. The third-order valence-electron chi connectivity index (χ3n) is 15.6. The second kappa shape index (κ2) is 16.8. The lowest BCUT2D eigenvalue weighted by molar-refractivity contribution is -0.289. The Morgan fingerprint density at radius 2 is 1.33 bits per heavy atom. The fraction of sp³-hybridized carbons (Fsp3) is 0.952. The van der Waals surface area contributed by atoms with Gasteiger partial charge in [-0.05, 0) is 150 Å². The maximum absolute atomic E-state index is 11.6. The molecule has 0 amide bonds. The first-order valence-electron chi connectivity index (χ1n) is 21.3. The average molecular weight is 733 g/mol. The highest BCUT2D eigenvalue weighted by molar-refractivity contribution is 5.92. The number of carboxylic acid groups (broad SMARTS) is 2. The standard InChI is InChI=1S/C42H68O10/c1-26(11-10-12-29(39(43)44)40(45)46)30-16-17-31-38-32(25-34(42(30,31)3)52-37-15-6-9-22-49-37)41(2)19-18-28(50-35-13-4-7-20-47-35)23-27(41)24-33(38)51-36-14-5-8-21-48-36/h26-38H,4-25H2,1-3H3,(H,43,44)(H,45,46)/t26-,27+,28-,30-,31+,32+,33-,34+,35?,36?,37?,38+,41+,42-/m1/s1. The van der Waals surface area contributed by atoms with Crippen molar-refractivity contribution >= 4 is 11.9 Å². The summed E-state index contributed by atoms with van der Waals surface area (Å²) in [6.07, 6.45) is 18.7. The van der Waals surface area contributed by atoms with Crippen LogP contribution >= 0.6 is 0 Å². The van der Waals surface area contributed by atoms with E-state index in [0.29, 0.717) is 41.9 Å². The first-order valence-corrected chi connectivity index (χ1v) is 21.3. The molecule has 0 aromatic carbocycles. The van der Waals surface area contributed by atoms with Crippen LogP contribution in [0, 0.1) is 52.3 Å². The number of hydrogen-bond donors (Lipinski definition) is 2. The number of fused-ring (bicyclic) bond motifs is 5. The van der Waals surface area contributed by atoms with E-state index in [-0.39, 0.29) is 54.4 Å². The Labute approximate surface area is 311 Å². The smallest absolute Gasteiger partial charge is 0.317 e. The van der Waals surface area contributed by atoms with Gasteiger partial charge in [-0.1, -0.05) is 33.6 Å². The molecule has 4 aliphatic carbocycles. The van der Waals surface area contributed by atoms with Crippen LogP contribution in [-0.4, -0.2) is 79.2 Å². The zero-order chi connectivity index (χ0) is 36.5. The Morgan fingerprint density at radius 1 is 0.712 bits per heavy atom. The molecule has 10 heteroatoms. The van der Waals surface area contributed by atoms with Gasteiger partial charge in [-0.3, -0.25) is 9.59 Å². The number of hydrogen-bond acceptors (Lipinski definition) is 8. The lowest BCUT2D eigenvalue weighted by atomic mass is 9.43. The van der Waals surface area contributed by atoms with E-state index in [4.69, 9.17) is 28.4 Å². The van der Waals surface area contributed by atoms with Crippen molar-refractivity contribution in [3.63, 3.8) is 0 Å². The monoisotopic (exact) mass is 732 g/mol. The number of rotatable bonds is 13. The quantitative estimate of drug-likeness (QED) is 0.141. The van der Waals surface area contributed by atoms with E-state index >= 15 is 0 Å². The molecule has 0 bridgehead atoms. The number of carbonyl (C=O) groups is 2. The zero-order valence-corrected chi connectivity index (χ0v) is 32.2. The minimum absolute atomic E-state index is 0.0503. The van der Waals surface area contributed by atoms with Gasteiger partial charge in [0.05, 0.1) is 18.3 Å². The van der Waals surface area contributed by atoms with Crippen molar-refractivity contribution in [2.45, 2.75) is 180 Å². The molecule has 2 N–H and O–H groups in total. The number of carboxylic acids is 2. The second-order valence-electron chi connectivity index (χ2n) is 18.4. The third-order valence-corrected chi connectivity index (χ3v) is 15.6. The van der Waals surface area contributed by atoms with Crippen molar-refractivity contribution in [2.24, 2.45) is 52.3 Å². The van der Waals surface area contributed by atoms with Gasteiger partial charge in [0.25, 0.3) is 0 Å². The molecule has 7 aliphatic rings. The molecule has 4 saturated carbocycles. The molecule has 14 atom stereocenters. The molecule has 52 heavy (non-hydrogen) atoms. The van der Waals surface area contributed by atoms with Crippen LogP contribution in [0.3, 0.4) is 0 Å². The highest BCUT2D eigenvalue weighted by Crippen LogP contribution is 2.69. The van der Waals surface area contributed by atoms with E-state index in [1.54, 1.807) is 0 Å². The molecule has 3 saturated heterocycles. The van der Waals surface area contributed by atoms with Crippen LogP contribution in [0.5, 0.6) is 0 Å². The summed E-state index contributed by atoms with van der Waals surface area (Å²) >= 11 is 0. The summed E-state index contributed by atoms with van der Waals surface area (Å²) in [7, 11) is 0. The van der Waals surface area contributed by atoms with Gasteiger partial charge in [0, 0.05) is 25.2 Å². The molecule has 0 spiro atoms. The topological polar surface area (TPSA) is 130 Å². The van der Waals surface area contributed by atoms with Crippen molar-refractivity contribution in [2.75, 3.05) is 19.8 Å². The van der Waals surface area contributed by atoms with E-state index in [1.165, 1.54) is 6.42 Å². The Balaban J connectivity index is 1.16. The minimum atomic E-state index is -1.35. The molecule has 3 aliphatic heterocycles. The van der Waals surface area contributed by atoms with Gasteiger partial charge in [0.2, 0.25) is 0 Å². The molecule has 3 unspecified atom stereocenters. The molecular formula is C42H68O10. The van der Waals surface area contributed by atoms with Gasteiger partial charge >= 0.3 is 11.9 Å². The van der Waals surface area contributed by atoms with Crippen molar-refractivity contribution in [1.29, 1.82) is 0 Å². The highest BCUT2D eigenvalue weighted by Gasteiger charge is 2.67. The van der Waals surface area contributed by atoms with Crippen LogP contribution < -0.4 is 0 Å². The molecule has 296 valence electrons. The first kappa shape index (κ1) is 39.0. The van der Waals surface area contributed by atoms with E-state index in [2.05, 4.69) is 20.8 Å². The molecular weight excluding hydrogens is 664 g/mol. The van der Waals surface area contributed by atoms with Gasteiger partial charge in [-0.15, -0.1) is 0 Å². The molecule has 0 aromatic heterocycles. The highest BCUT2D eigenvalue weighted by atomic mass is 16.7. The zero-order valence-electron chi connectivity index (χ0n) is 32.2. The van der Waals surface area contributed by atoms with Crippen molar-refractivity contribution in [3.05, 3.63) is 0 Å². The third kappa shape index (κ3) is 8.00. The Morgan fingerprint density at radius 3 is 1.92 bits per heavy atom. The van der Waals surface area contributed by atoms with Gasteiger partial charge in [0.15, 0.2) is 24.8 Å². The second-order valence-corrected chi connectivity index (χ2v) is 18.4. The predicted octanol–water partition coefficient (Wildman–Crippen LogP) is 8.19. The normalized spacial score (nSPS) is 44.3. The van der Waals surface area contributed by atoms with Gasteiger partial charge in [-0.2, -0.15) is 0 Å². The molecule has 7 rings (SSSR count). The SMILES string of the molecule is C[C@H](CCCC(C(=O)O)C(=O)O)[C@H]1CC[C@H]2[C@@H]3[C@H](OC4CCCCO4)C[C@@H]4C[C@H](OC5CCCCO5)CC[C@]4(C)[C@H]3C[C@H](OC3CCCCO3)[C@]12C. The molecule has 3 heterocycles. The Hall–Kier alpha value is -1.30. The Kier molecular flexibility index (Phi) is 12.6. The van der Waals surface area contributed by atoms with E-state index in [0.717, 1.165) is 123 Å². The maximum Gasteiger partial charge on any atom is 0.317 e. The summed E-state index contributed by atoms with van der Waals surface area (Å²) in [4.78, 5) is 23.3. The van der Waals surface area contributed by atoms with Gasteiger partial charge < -0.3 is 38.6 Å². The maximum atomic E-state index is 11.6. The minimum Gasteiger partial charge on any atom is -0.481 e. The molecule has 7 fully saturated rings. The van der Waals surface area contributed by atoms with Crippen LogP contribution in [-0.2, 0) is 38.0 Å². The van der Waals surface area contributed by atoms with Crippen LogP contribution in [0.2, 0.25) is 0 Å². The fourth-order valence-corrected chi connectivity index (χ4v) is 12.8. The summed E-state index contributed by atoms with van der Waals surface area (Å²) < 4.78 is 39.7. The summed E-state index contributed by atoms with van der Waals surface area (Å²) in [5.74, 6) is -1.35.